The summed E-state index contributed by atoms with van der Waals surface area (Å²) in [7, 11) is 0. The number of halogens is 3. The maximum absolute atomic E-state index is 13.4. The summed E-state index contributed by atoms with van der Waals surface area (Å²) in [6.07, 6.45) is -3.42. The van der Waals surface area contributed by atoms with Crippen LogP contribution in [0.25, 0.3) is 0 Å². The first-order chi connectivity index (χ1) is 10.7. The third-order valence-corrected chi connectivity index (χ3v) is 4.34. The van der Waals surface area contributed by atoms with Crippen molar-refractivity contribution in [3.8, 4) is 0 Å². The van der Waals surface area contributed by atoms with Gasteiger partial charge in [-0.15, -0.1) is 0 Å². The molecule has 3 nitrogen and oxygen atoms in total. The van der Waals surface area contributed by atoms with Gasteiger partial charge in [0.25, 0.3) is 0 Å². The van der Waals surface area contributed by atoms with Crippen molar-refractivity contribution >= 4 is 0 Å². The zero-order valence-electron chi connectivity index (χ0n) is 13.4. The minimum Gasteiger partial charge on any atom is -0.376 e. The average molecular weight is 331 g/mol. The van der Waals surface area contributed by atoms with E-state index >= 15 is 0 Å². The lowest BCUT2D eigenvalue weighted by Crippen LogP contribution is -2.47. The molecule has 0 unspecified atom stereocenters. The number of ether oxygens (including phenoxy) is 1. The Bertz CT molecular complexity index is 484. The Balaban J connectivity index is 2.00. The highest BCUT2D eigenvalue weighted by Gasteiger charge is 2.54. The molecule has 0 amide bonds. The van der Waals surface area contributed by atoms with Gasteiger partial charge >= 0.3 is 6.18 Å². The Morgan fingerprint density at radius 2 is 1.70 bits per heavy atom. The molecule has 1 fully saturated rings. The number of alkyl halides is 3. The molecule has 2 N–H and O–H groups in total. The molecule has 1 aliphatic rings. The molecule has 0 radical (unpaired) electrons. The van der Waals surface area contributed by atoms with Gasteiger partial charge in [-0.3, -0.25) is 0 Å². The summed E-state index contributed by atoms with van der Waals surface area (Å²) in [5.41, 5.74) is -2.95. The fourth-order valence-corrected chi connectivity index (χ4v) is 3.19. The quantitative estimate of drug-likeness (QED) is 0.869. The molecule has 0 bridgehead atoms. The third-order valence-electron chi connectivity index (χ3n) is 4.34. The second-order valence-corrected chi connectivity index (χ2v) is 6.35. The average Bonchev–Trinajstić information content (AvgIpc) is 2.46. The third kappa shape index (κ3) is 4.46. The minimum absolute atomic E-state index is 0.0897. The van der Waals surface area contributed by atoms with E-state index < -0.39 is 18.2 Å². The van der Waals surface area contributed by atoms with Crippen LogP contribution in [0.4, 0.5) is 13.2 Å². The predicted octanol–water partition coefficient (Wildman–Crippen LogP) is 3.37. The van der Waals surface area contributed by atoms with Gasteiger partial charge in [0.1, 0.15) is 0 Å². The van der Waals surface area contributed by atoms with E-state index in [0.29, 0.717) is 0 Å². The van der Waals surface area contributed by atoms with Crippen molar-refractivity contribution in [2.75, 3.05) is 6.54 Å². The van der Waals surface area contributed by atoms with Gasteiger partial charge in [0.15, 0.2) is 5.60 Å². The fraction of sp³-hybridized carbons (Fsp3) is 0.647. The smallest absolute Gasteiger partial charge is 0.376 e. The van der Waals surface area contributed by atoms with Gasteiger partial charge in [-0.05, 0) is 38.8 Å². The highest BCUT2D eigenvalue weighted by molar-refractivity contribution is 5.24. The Hall–Kier alpha value is -1.11. The summed E-state index contributed by atoms with van der Waals surface area (Å²) in [5.74, 6) is 0. The molecule has 6 heteroatoms. The highest BCUT2D eigenvalue weighted by Crippen LogP contribution is 2.41. The molecule has 0 aliphatic carbocycles. The summed E-state index contributed by atoms with van der Waals surface area (Å²) in [4.78, 5) is 0. The van der Waals surface area contributed by atoms with Crippen molar-refractivity contribution < 1.29 is 23.0 Å². The minimum atomic E-state index is -4.72. The van der Waals surface area contributed by atoms with Crippen LogP contribution in [0.3, 0.4) is 0 Å². The number of aliphatic hydroxyl groups is 1. The molecular weight excluding hydrogens is 307 g/mol. The van der Waals surface area contributed by atoms with E-state index in [9.17, 15) is 18.3 Å². The van der Waals surface area contributed by atoms with Gasteiger partial charge < -0.3 is 15.2 Å². The van der Waals surface area contributed by atoms with Crippen LogP contribution in [-0.4, -0.2) is 36.1 Å². The molecular formula is C17H24F3NO2. The van der Waals surface area contributed by atoms with Crippen molar-refractivity contribution in [1.82, 2.24) is 5.32 Å². The van der Waals surface area contributed by atoms with Gasteiger partial charge in [0.2, 0.25) is 0 Å². The largest absolute Gasteiger partial charge is 0.421 e. The Kier molecular flexibility index (Phi) is 5.70. The normalized spacial score (nSPS) is 28.3. The van der Waals surface area contributed by atoms with E-state index in [4.69, 9.17) is 4.74 Å². The van der Waals surface area contributed by atoms with E-state index in [1.54, 1.807) is 6.07 Å². The molecule has 23 heavy (non-hydrogen) atoms. The highest BCUT2D eigenvalue weighted by atomic mass is 19.4. The van der Waals surface area contributed by atoms with E-state index in [1.165, 1.54) is 24.3 Å². The standard InChI is InChI=1S/C17H24F3NO2/c1-12-10-15(11-13(2)23-12)21-9-8-16(22,17(18,19)20)14-6-4-3-5-7-14/h3-7,12-13,15,21-22H,8-11H2,1-2H3/t12-,13-,16+/m1/s1. The van der Waals surface area contributed by atoms with Crippen LogP contribution in [-0.2, 0) is 10.3 Å². The van der Waals surface area contributed by atoms with Gasteiger partial charge in [0.05, 0.1) is 12.2 Å². The molecule has 1 aromatic carbocycles. The molecule has 1 heterocycles. The number of hydrogen-bond donors (Lipinski definition) is 2. The first-order valence-electron chi connectivity index (χ1n) is 7.96. The molecule has 1 aliphatic heterocycles. The first kappa shape index (κ1) is 18.2. The fourth-order valence-electron chi connectivity index (χ4n) is 3.19. The molecule has 0 aromatic heterocycles. The molecule has 130 valence electrons. The van der Waals surface area contributed by atoms with Crippen molar-refractivity contribution in [3.05, 3.63) is 35.9 Å². The number of rotatable bonds is 5. The van der Waals surface area contributed by atoms with Crippen molar-refractivity contribution in [2.24, 2.45) is 0 Å². The lowest BCUT2D eigenvalue weighted by Gasteiger charge is -2.35. The second kappa shape index (κ2) is 7.20. The van der Waals surface area contributed by atoms with E-state index in [0.717, 1.165) is 12.8 Å². The van der Waals surface area contributed by atoms with E-state index in [-0.39, 0.29) is 30.4 Å². The number of benzene rings is 1. The van der Waals surface area contributed by atoms with Crippen molar-refractivity contribution in [3.63, 3.8) is 0 Å². The Morgan fingerprint density at radius 1 is 1.13 bits per heavy atom. The van der Waals surface area contributed by atoms with Crippen molar-refractivity contribution in [2.45, 2.75) is 63.1 Å². The van der Waals surface area contributed by atoms with Crippen LogP contribution in [0, 0.1) is 0 Å². The van der Waals surface area contributed by atoms with Crippen LogP contribution in [0.2, 0.25) is 0 Å². The molecule has 1 saturated heterocycles. The van der Waals surface area contributed by atoms with Crippen LogP contribution in [0.1, 0.15) is 38.7 Å². The molecule has 2 rings (SSSR count). The van der Waals surface area contributed by atoms with Gasteiger partial charge in [-0.25, -0.2) is 0 Å². The SMILES string of the molecule is C[C@@H]1CC(NCC[C@](O)(c2ccccc2)C(F)(F)F)C[C@@H](C)O1. The first-order valence-corrected chi connectivity index (χ1v) is 7.96. The van der Waals surface area contributed by atoms with Gasteiger partial charge in [0, 0.05) is 12.5 Å². The summed E-state index contributed by atoms with van der Waals surface area (Å²) >= 11 is 0. The molecule has 1 aromatic rings. The van der Waals surface area contributed by atoms with Crippen LogP contribution >= 0.6 is 0 Å². The van der Waals surface area contributed by atoms with Crippen LogP contribution in [0.5, 0.6) is 0 Å². The summed E-state index contributed by atoms with van der Waals surface area (Å²) in [5, 5.41) is 13.4. The van der Waals surface area contributed by atoms with Crippen molar-refractivity contribution in [1.29, 1.82) is 0 Å². The number of hydrogen-bond acceptors (Lipinski definition) is 3. The van der Waals surface area contributed by atoms with E-state index in [1.807, 2.05) is 13.8 Å². The number of nitrogens with one attached hydrogen (secondary N) is 1. The van der Waals surface area contributed by atoms with Gasteiger partial charge in [-0.2, -0.15) is 13.2 Å². The Labute approximate surface area is 134 Å². The summed E-state index contributed by atoms with van der Waals surface area (Å²) in [6.45, 7) is 4.01. The topological polar surface area (TPSA) is 41.5 Å². The zero-order valence-corrected chi connectivity index (χ0v) is 13.4. The summed E-state index contributed by atoms with van der Waals surface area (Å²) < 4.78 is 45.8. The maximum atomic E-state index is 13.4. The van der Waals surface area contributed by atoms with E-state index in [2.05, 4.69) is 5.32 Å². The Morgan fingerprint density at radius 3 is 2.22 bits per heavy atom. The molecule has 0 saturated carbocycles. The lowest BCUT2D eigenvalue weighted by molar-refractivity contribution is -0.268. The zero-order chi connectivity index (χ0) is 17.1. The lowest BCUT2D eigenvalue weighted by atomic mass is 9.89. The molecule has 0 spiro atoms. The van der Waals surface area contributed by atoms with Crippen LogP contribution in [0.15, 0.2) is 30.3 Å². The van der Waals surface area contributed by atoms with Gasteiger partial charge in [-0.1, -0.05) is 30.3 Å². The second-order valence-electron chi connectivity index (χ2n) is 6.35. The maximum Gasteiger partial charge on any atom is 0.421 e. The summed E-state index contributed by atoms with van der Waals surface area (Å²) in [6, 6.07) is 7.37. The monoisotopic (exact) mass is 331 g/mol. The molecule has 3 atom stereocenters. The van der Waals surface area contributed by atoms with Crippen LogP contribution < -0.4 is 5.32 Å². The predicted molar refractivity (Wildman–Crippen MR) is 82.0 cm³/mol.